The number of hydrogen-bond donors (Lipinski definition) is 3. The van der Waals surface area contributed by atoms with E-state index in [-0.39, 0.29) is 6.61 Å². The van der Waals surface area contributed by atoms with Crippen molar-refractivity contribution in [2.24, 2.45) is 0 Å². The molecule has 0 spiro atoms. The first kappa shape index (κ1) is 14.0. The van der Waals surface area contributed by atoms with Gasteiger partial charge < -0.3 is 15.4 Å². The molecule has 18 heavy (non-hydrogen) atoms. The Kier molecular flexibility index (Phi) is 5.66. The molecule has 0 fully saturated rings. The minimum atomic E-state index is -0.549. The lowest BCUT2D eigenvalue weighted by atomic mass is 10.2. The van der Waals surface area contributed by atoms with E-state index in [4.69, 9.17) is 4.74 Å². The van der Waals surface area contributed by atoms with Crippen LogP contribution >= 0.6 is 0 Å². The maximum atomic E-state index is 11.3. The van der Waals surface area contributed by atoms with Crippen LogP contribution in [0.25, 0.3) is 0 Å². The normalized spacial score (nSPS) is 9.67. The Morgan fingerprint density at radius 1 is 1.28 bits per heavy atom. The molecule has 6 nitrogen and oxygen atoms in total. The van der Waals surface area contributed by atoms with E-state index >= 15 is 0 Å². The molecule has 0 radical (unpaired) electrons. The third kappa shape index (κ3) is 4.84. The molecule has 1 aromatic carbocycles. The fourth-order valence-corrected chi connectivity index (χ4v) is 1.32. The van der Waals surface area contributed by atoms with Crippen LogP contribution in [0.2, 0.25) is 0 Å². The van der Waals surface area contributed by atoms with Crippen LogP contribution in [0.4, 0.5) is 4.79 Å². The third-order valence-corrected chi connectivity index (χ3v) is 2.13. The Morgan fingerprint density at radius 3 is 2.72 bits per heavy atom. The number of nitrogens with one attached hydrogen (secondary N) is 3. The highest BCUT2D eigenvalue weighted by molar-refractivity contribution is 5.94. The number of imide groups is 1. The van der Waals surface area contributed by atoms with Crippen LogP contribution in [-0.2, 0) is 11.3 Å². The van der Waals surface area contributed by atoms with Crippen molar-refractivity contribution in [3.05, 3.63) is 29.8 Å². The summed E-state index contributed by atoms with van der Waals surface area (Å²) in [5, 5.41) is 7.42. The van der Waals surface area contributed by atoms with Gasteiger partial charge in [-0.2, -0.15) is 0 Å². The number of hydrogen-bond acceptors (Lipinski definition) is 4. The maximum Gasteiger partial charge on any atom is 0.321 e. The van der Waals surface area contributed by atoms with Gasteiger partial charge in [0, 0.05) is 13.6 Å². The first-order chi connectivity index (χ1) is 8.65. The van der Waals surface area contributed by atoms with Crippen molar-refractivity contribution in [3.8, 4) is 5.75 Å². The maximum absolute atomic E-state index is 11.3. The molecule has 0 saturated carbocycles. The van der Waals surface area contributed by atoms with Crippen LogP contribution in [-0.4, -0.2) is 32.6 Å². The highest BCUT2D eigenvalue weighted by Crippen LogP contribution is 2.12. The van der Waals surface area contributed by atoms with Gasteiger partial charge in [0.2, 0.25) is 0 Å². The lowest BCUT2D eigenvalue weighted by Crippen LogP contribution is -2.39. The number of carbonyl (C=O) groups excluding carboxylic acids is 2. The Bertz CT molecular complexity index is 421. The molecule has 0 aromatic heterocycles. The molecular weight excluding hydrogens is 234 g/mol. The minimum absolute atomic E-state index is 0.198. The van der Waals surface area contributed by atoms with Gasteiger partial charge in [0.1, 0.15) is 5.75 Å². The average Bonchev–Trinajstić information content (AvgIpc) is 2.37. The van der Waals surface area contributed by atoms with Crippen LogP contribution in [0.3, 0.4) is 0 Å². The zero-order chi connectivity index (χ0) is 13.4. The van der Waals surface area contributed by atoms with Crippen molar-refractivity contribution < 1.29 is 14.3 Å². The molecule has 0 bridgehead atoms. The number of benzene rings is 1. The predicted molar refractivity (Wildman–Crippen MR) is 67.3 cm³/mol. The summed E-state index contributed by atoms with van der Waals surface area (Å²) in [7, 11) is 3.29. The van der Waals surface area contributed by atoms with Crippen LogP contribution in [0, 0.1) is 0 Å². The topological polar surface area (TPSA) is 79.5 Å². The highest BCUT2D eigenvalue weighted by Gasteiger charge is 2.06. The van der Waals surface area contributed by atoms with E-state index in [0.717, 1.165) is 12.1 Å². The molecule has 0 aliphatic carbocycles. The van der Waals surface area contributed by atoms with Crippen molar-refractivity contribution >= 4 is 11.9 Å². The van der Waals surface area contributed by atoms with Crippen molar-refractivity contribution in [1.29, 1.82) is 0 Å². The second-order valence-electron chi connectivity index (χ2n) is 3.59. The van der Waals surface area contributed by atoms with Crippen LogP contribution < -0.4 is 20.7 Å². The molecule has 0 atom stereocenters. The minimum Gasteiger partial charge on any atom is -0.484 e. The molecular formula is C12H17N3O3. The SMILES string of the molecule is CNCc1cccc(OCC(=O)NC(=O)NC)c1. The lowest BCUT2D eigenvalue weighted by Gasteiger charge is -2.08. The first-order valence-electron chi connectivity index (χ1n) is 5.53. The summed E-state index contributed by atoms with van der Waals surface area (Å²) in [6.07, 6.45) is 0. The molecule has 3 N–H and O–H groups in total. The summed E-state index contributed by atoms with van der Waals surface area (Å²) in [5.74, 6) is 0.100. The summed E-state index contributed by atoms with van der Waals surface area (Å²) in [6.45, 7) is 0.526. The lowest BCUT2D eigenvalue weighted by molar-refractivity contribution is -0.122. The van der Waals surface area contributed by atoms with E-state index in [1.807, 2.05) is 25.2 Å². The molecule has 0 saturated heterocycles. The molecule has 0 aliphatic heterocycles. The summed E-state index contributed by atoms with van der Waals surface area (Å²) in [5.41, 5.74) is 1.06. The number of rotatable bonds is 5. The van der Waals surface area contributed by atoms with Gasteiger partial charge in [0.25, 0.3) is 5.91 Å². The van der Waals surface area contributed by atoms with Gasteiger partial charge in [-0.1, -0.05) is 12.1 Å². The molecule has 0 aliphatic rings. The van der Waals surface area contributed by atoms with Gasteiger partial charge in [-0.25, -0.2) is 4.79 Å². The number of urea groups is 1. The van der Waals surface area contributed by atoms with Gasteiger partial charge in [0.15, 0.2) is 6.61 Å². The zero-order valence-corrected chi connectivity index (χ0v) is 10.4. The number of carbonyl (C=O) groups is 2. The molecule has 0 heterocycles. The van der Waals surface area contributed by atoms with Gasteiger partial charge in [-0.05, 0) is 24.7 Å². The van der Waals surface area contributed by atoms with Crippen molar-refractivity contribution in [1.82, 2.24) is 16.0 Å². The van der Waals surface area contributed by atoms with E-state index in [1.54, 1.807) is 6.07 Å². The monoisotopic (exact) mass is 251 g/mol. The van der Waals surface area contributed by atoms with E-state index in [2.05, 4.69) is 16.0 Å². The number of ether oxygens (including phenoxy) is 1. The van der Waals surface area contributed by atoms with Crippen LogP contribution in [0.1, 0.15) is 5.56 Å². The highest BCUT2D eigenvalue weighted by atomic mass is 16.5. The molecule has 1 aromatic rings. The van der Waals surface area contributed by atoms with E-state index in [9.17, 15) is 9.59 Å². The standard InChI is InChI=1S/C12H17N3O3/c1-13-7-9-4-3-5-10(6-9)18-8-11(16)15-12(17)14-2/h3-6,13H,7-8H2,1-2H3,(H2,14,15,16,17). The van der Waals surface area contributed by atoms with E-state index < -0.39 is 11.9 Å². The quantitative estimate of drug-likeness (QED) is 0.700. The first-order valence-corrected chi connectivity index (χ1v) is 5.53. The second kappa shape index (κ2) is 7.29. The fraction of sp³-hybridized carbons (Fsp3) is 0.333. The second-order valence-corrected chi connectivity index (χ2v) is 3.59. The summed E-state index contributed by atoms with van der Waals surface area (Å²) in [6, 6.07) is 6.84. The zero-order valence-electron chi connectivity index (χ0n) is 10.4. The molecule has 3 amide bonds. The van der Waals surface area contributed by atoms with Crippen molar-refractivity contribution in [2.45, 2.75) is 6.54 Å². The third-order valence-electron chi connectivity index (χ3n) is 2.13. The average molecular weight is 251 g/mol. The summed E-state index contributed by atoms with van der Waals surface area (Å²) in [4.78, 5) is 22.2. The van der Waals surface area contributed by atoms with Gasteiger partial charge in [-0.15, -0.1) is 0 Å². The Morgan fingerprint density at radius 2 is 2.06 bits per heavy atom. The van der Waals surface area contributed by atoms with Crippen LogP contribution in [0.15, 0.2) is 24.3 Å². The van der Waals surface area contributed by atoms with Crippen molar-refractivity contribution in [3.63, 3.8) is 0 Å². The Hall–Kier alpha value is -2.08. The molecule has 0 unspecified atom stereocenters. The smallest absolute Gasteiger partial charge is 0.321 e. The fourth-order valence-electron chi connectivity index (χ4n) is 1.32. The van der Waals surface area contributed by atoms with E-state index in [1.165, 1.54) is 7.05 Å². The number of amides is 3. The van der Waals surface area contributed by atoms with Crippen LogP contribution in [0.5, 0.6) is 5.75 Å². The van der Waals surface area contributed by atoms with Gasteiger partial charge in [-0.3, -0.25) is 10.1 Å². The molecule has 1 rings (SSSR count). The van der Waals surface area contributed by atoms with Gasteiger partial charge in [0.05, 0.1) is 0 Å². The van der Waals surface area contributed by atoms with E-state index in [0.29, 0.717) is 5.75 Å². The molecule has 98 valence electrons. The summed E-state index contributed by atoms with van der Waals surface area (Å²) < 4.78 is 5.28. The summed E-state index contributed by atoms with van der Waals surface area (Å²) >= 11 is 0. The Balaban J connectivity index is 2.45. The van der Waals surface area contributed by atoms with Crippen molar-refractivity contribution in [2.75, 3.05) is 20.7 Å². The van der Waals surface area contributed by atoms with Gasteiger partial charge >= 0.3 is 6.03 Å². The Labute approximate surface area is 106 Å². The molecule has 6 heteroatoms. The largest absolute Gasteiger partial charge is 0.484 e. The predicted octanol–water partition coefficient (Wildman–Crippen LogP) is 0.240.